The second kappa shape index (κ2) is 11.6. The number of halogens is 3. The van der Waals surface area contributed by atoms with Crippen molar-refractivity contribution in [1.29, 1.82) is 5.26 Å². The van der Waals surface area contributed by atoms with E-state index in [0.29, 0.717) is 32.9 Å². The maximum Gasteiger partial charge on any atom is 0.254 e. The highest BCUT2D eigenvalue weighted by molar-refractivity contribution is 8.03. The zero-order valence-electron chi connectivity index (χ0n) is 19.3. The van der Waals surface area contributed by atoms with Gasteiger partial charge >= 0.3 is 0 Å². The predicted octanol–water partition coefficient (Wildman–Crippen LogP) is 6.43. The first-order chi connectivity index (χ1) is 17.8. The van der Waals surface area contributed by atoms with Crippen LogP contribution in [0.1, 0.15) is 18.6 Å². The van der Waals surface area contributed by atoms with Crippen molar-refractivity contribution in [2.75, 3.05) is 16.4 Å². The Hall–Kier alpha value is -3.71. The van der Waals surface area contributed by atoms with E-state index in [-0.39, 0.29) is 27.8 Å². The van der Waals surface area contributed by atoms with Crippen molar-refractivity contribution in [3.63, 3.8) is 0 Å². The van der Waals surface area contributed by atoms with Crippen LogP contribution in [-0.2, 0) is 9.59 Å². The van der Waals surface area contributed by atoms with E-state index in [2.05, 4.69) is 22.0 Å². The summed E-state index contributed by atoms with van der Waals surface area (Å²) in [4.78, 5) is 25.9. The minimum atomic E-state index is -0.824. The molecule has 1 aliphatic heterocycles. The number of carbonyl (C=O) groups is 2. The molecule has 2 heterocycles. The van der Waals surface area contributed by atoms with E-state index in [4.69, 9.17) is 27.6 Å². The number of carbonyl (C=O) groups excluding carboxylic acids is 2. The van der Waals surface area contributed by atoms with Crippen molar-refractivity contribution in [3.8, 4) is 6.07 Å². The van der Waals surface area contributed by atoms with Crippen LogP contribution < -0.4 is 16.0 Å². The van der Waals surface area contributed by atoms with Gasteiger partial charge in [0.05, 0.1) is 50.9 Å². The fraction of sp³-hybridized carbons (Fsp3) is 0.115. The molecule has 7 nitrogen and oxygen atoms in total. The van der Waals surface area contributed by atoms with Crippen molar-refractivity contribution < 1.29 is 18.4 Å². The van der Waals surface area contributed by atoms with E-state index >= 15 is 0 Å². The number of allylic oxidation sites excluding steroid dienone is 2. The number of thioether (sulfide) groups is 1. The molecule has 0 aliphatic carbocycles. The first kappa shape index (κ1) is 26.4. The standard InChI is InChI=1S/C26H19Cl2FN4O3S/c1-14-23(25(35)33-20-9-4-15(27)11-19(20)28)24(21-3-2-10-36-21)18(12-30)26(31-14)37-13-22(34)32-17-7-5-16(29)6-8-17/h2-11,24,31H,13H2,1H3,(H,32,34)(H,33,35)/t24-/m1/s1. The van der Waals surface area contributed by atoms with Crippen LogP contribution in [0.2, 0.25) is 10.0 Å². The lowest BCUT2D eigenvalue weighted by Crippen LogP contribution is -2.31. The molecule has 0 saturated heterocycles. The average molecular weight is 557 g/mol. The Balaban J connectivity index is 1.58. The second-order valence-electron chi connectivity index (χ2n) is 7.89. The highest BCUT2D eigenvalue weighted by atomic mass is 35.5. The SMILES string of the molecule is CC1=C(C(=O)Nc2ccc(Cl)cc2Cl)[C@@H](c2ccco2)C(C#N)=C(SCC(=O)Nc2ccc(F)cc2)N1. The third kappa shape index (κ3) is 6.17. The van der Waals surface area contributed by atoms with Gasteiger partial charge in [-0.25, -0.2) is 4.39 Å². The van der Waals surface area contributed by atoms with Gasteiger partial charge in [0, 0.05) is 16.4 Å². The Morgan fingerprint density at radius 2 is 1.92 bits per heavy atom. The highest BCUT2D eigenvalue weighted by Gasteiger charge is 2.36. The lowest BCUT2D eigenvalue weighted by Gasteiger charge is -2.28. The van der Waals surface area contributed by atoms with E-state index in [0.717, 1.165) is 11.8 Å². The van der Waals surface area contributed by atoms with Gasteiger partial charge in [-0.1, -0.05) is 35.0 Å². The molecule has 0 fully saturated rings. The van der Waals surface area contributed by atoms with Gasteiger partial charge in [-0.05, 0) is 61.5 Å². The summed E-state index contributed by atoms with van der Waals surface area (Å²) in [6, 6.07) is 15.6. The van der Waals surface area contributed by atoms with Crippen molar-refractivity contribution in [2.24, 2.45) is 0 Å². The lowest BCUT2D eigenvalue weighted by atomic mass is 9.85. The number of anilines is 2. The second-order valence-corrected chi connectivity index (χ2v) is 9.72. The minimum absolute atomic E-state index is 0.0367. The number of hydrogen-bond donors (Lipinski definition) is 3. The number of rotatable bonds is 7. The van der Waals surface area contributed by atoms with Gasteiger partial charge in [0.2, 0.25) is 5.91 Å². The van der Waals surface area contributed by atoms with Gasteiger partial charge in [-0.3, -0.25) is 9.59 Å². The molecule has 0 bridgehead atoms. The van der Waals surface area contributed by atoms with Gasteiger partial charge in [-0.15, -0.1) is 0 Å². The Morgan fingerprint density at radius 1 is 1.16 bits per heavy atom. The molecule has 0 saturated carbocycles. The molecule has 1 aromatic heterocycles. The number of furan rings is 1. The number of nitriles is 1. The summed E-state index contributed by atoms with van der Waals surface area (Å²) in [7, 11) is 0. The maximum absolute atomic E-state index is 13.4. The van der Waals surface area contributed by atoms with Crippen molar-refractivity contribution in [3.05, 3.63) is 104 Å². The number of nitrogens with one attached hydrogen (secondary N) is 3. The van der Waals surface area contributed by atoms with Gasteiger partial charge in [0.15, 0.2) is 0 Å². The zero-order valence-corrected chi connectivity index (χ0v) is 21.6. The summed E-state index contributed by atoms with van der Waals surface area (Å²) in [5, 5.41) is 19.7. The normalized spacial score (nSPS) is 15.2. The van der Waals surface area contributed by atoms with Crippen molar-refractivity contribution >= 4 is 58.2 Å². The van der Waals surface area contributed by atoms with Crippen LogP contribution in [0.4, 0.5) is 15.8 Å². The number of benzene rings is 2. The summed E-state index contributed by atoms with van der Waals surface area (Å²) in [5.74, 6) is -1.72. The molecule has 0 spiro atoms. The fourth-order valence-corrected chi connectivity index (χ4v) is 5.06. The Kier molecular flexibility index (Phi) is 8.24. The molecule has 0 unspecified atom stereocenters. The van der Waals surface area contributed by atoms with Crippen LogP contribution in [0, 0.1) is 17.1 Å². The van der Waals surface area contributed by atoms with E-state index in [1.807, 2.05) is 0 Å². The number of hydrogen-bond acceptors (Lipinski definition) is 6. The number of dihydropyridines is 1. The van der Waals surface area contributed by atoms with Crippen LogP contribution in [0.5, 0.6) is 0 Å². The molecular weight excluding hydrogens is 538 g/mol. The molecule has 2 amide bonds. The molecule has 11 heteroatoms. The van der Waals surface area contributed by atoms with E-state index in [1.165, 1.54) is 36.6 Å². The fourth-order valence-electron chi connectivity index (χ4n) is 3.72. The first-order valence-electron chi connectivity index (χ1n) is 10.9. The largest absolute Gasteiger partial charge is 0.468 e. The number of amides is 2. The molecule has 2 aromatic carbocycles. The smallest absolute Gasteiger partial charge is 0.254 e. The van der Waals surface area contributed by atoms with Crippen LogP contribution >= 0.6 is 35.0 Å². The average Bonchev–Trinajstić information content (AvgIpc) is 3.40. The summed E-state index contributed by atoms with van der Waals surface area (Å²) in [6.45, 7) is 1.70. The summed E-state index contributed by atoms with van der Waals surface area (Å²) >= 11 is 13.3. The molecule has 0 radical (unpaired) electrons. The molecule has 37 heavy (non-hydrogen) atoms. The Labute approximate surface area is 226 Å². The van der Waals surface area contributed by atoms with E-state index < -0.39 is 17.6 Å². The quantitative estimate of drug-likeness (QED) is 0.309. The van der Waals surface area contributed by atoms with Gasteiger partial charge < -0.3 is 20.4 Å². The molecule has 3 aromatic rings. The monoisotopic (exact) mass is 556 g/mol. The number of nitrogens with zero attached hydrogens (tertiary/aromatic N) is 1. The van der Waals surface area contributed by atoms with E-state index in [9.17, 15) is 19.2 Å². The van der Waals surface area contributed by atoms with E-state index in [1.54, 1.807) is 31.2 Å². The van der Waals surface area contributed by atoms with Crippen molar-refractivity contribution in [2.45, 2.75) is 12.8 Å². The maximum atomic E-state index is 13.4. The van der Waals surface area contributed by atoms with Crippen LogP contribution in [0.25, 0.3) is 0 Å². The van der Waals surface area contributed by atoms with Gasteiger partial charge in [-0.2, -0.15) is 5.26 Å². The topological polar surface area (TPSA) is 107 Å². The Morgan fingerprint density at radius 3 is 2.57 bits per heavy atom. The van der Waals surface area contributed by atoms with Gasteiger partial charge in [0.25, 0.3) is 5.91 Å². The molecule has 1 atom stereocenters. The molecule has 4 rings (SSSR count). The van der Waals surface area contributed by atoms with Crippen LogP contribution in [0.3, 0.4) is 0 Å². The molecule has 1 aliphatic rings. The van der Waals surface area contributed by atoms with Gasteiger partial charge in [0.1, 0.15) is 11.6 Å². The van der Waals surface area contributed by atoms with Crippen LogP contribution in [0.15, 0.2) is 87.1 Å². The summed E-state index contributed by atoms with van der Waals surface area (Å²) in [6.07, 6.45) is 1.45. The zero-order chi connectivity index (χ0) is 26.5. The highest BCUT2D eigenvalue weighted by Crippen LogP contribution is 2.41. The lowest BCUT2D eigenvalue weighted by molar-refractivity contribution is -0.114. The predicted molar refractivity (Wildman–Crippen MR) is 143 cm³/mol. The summed E-state index contributed by atoms with van der Waals surface area (Å²) in [5.41, 5.74) is 1.76. The third-order valence-corrected chi connectivity index (χ3v) is 6.94. The minimum Gasteiger partial charge on any atom is -0.468 e. The van der Waals surface area contributed by atoms with Crippen molar-refractivity contribution in [1.82, 2.24) is 5.32 Å². The molecule has 3 N–H and O–H groups in total. The molecule has 188 valence electrons. The first-order valence-corrected chi connectivity index (χ1v) is 12.6. The molecular formula is C26H19Cl2FN4O3S. The van der Waals surface area contributed by atoms with Crippen LogP contribution in [-0.4, -0.2) is 17.6 Å². The summed E-state index contributed by atoms with van der Waals surface area (Å²) < 4.78 is 18.7. The Bertz CT molecular complexity index is 1450. The third-order valence-electron chi connectivity index (χ3n) is 5.37.